The van der Waals surface area contributed by atoms with Crippen molar-refractivity contribution >= 4 is 17.0 Å². The molecule has 0 atom stereocenters. The second kappa shape index (κ2) is 7.09. The maximum atomic E-state index is 14.0. The Balaban J connectivity index is 1.84. The zero-order chi connectivity index (χ0) is 17.9. The Morgan fingerprint density at radius 1 is 0.962 bits per heavy atom. The number of benzene rings is 2. The van der Waals surface area contributed by atoms with Crippen molar-refractivity contribution in [3.8, 4) is 11.5 Å². The molecule has 0 spiro atoms. The zero-order valence-corrected chi connectivity index (χ0v) is 14.4. The number of thiazole rings is 1. The molecule has 0 amide bonds. The van der Waals surface area contributed by atoms with Crippen molar-refractivity contribution in [1.82, 2.24) is 4.57 Å². The molecule has 2 heterocycles. The van der Waals surface area contributed by atoms with Crippen LogP contribution in [0.4, 0.5) is 14.5 Å². The van der Waals surface area contributed by atoms with Gasteiger partial charge in [-0.1, -0.05) is 24.3 Å². The van der Waals surface area contributed by atoms with Crippen molar-refractivity contribution in [2.24, 2.45) is 4.99 Å². The number of halogens is 2. The summed E-state index contributed by atoms with van der Waals surface area (Å²) in [5, 5.41) is 1.92. The van der Waals surface area contributed by atoms with Gasteiger partial charge in [0.15, 0.2) is 10.6 Å². The Hall–Kier alpha value is -2.99. The van der Waals surface area contributed by atoms with Gasteiger partial charge in [-0.3, -0.25) is 0 Å². The molecule has 0 aliphatic heterocycles. The fraction of sp³-hybridized carbons (Fsp3) is 0.0500. The van der Waals surface area contributed by atoms with Gasteiger partial charge < -0.3 is 8.98 Å². The van der Waals surface area contributed by atoms with Gasteiger partial charge in [-0.25, -0.2) is 13.8 Å². The molecule has 0 radical (unpaired) electrons. The molecule has 26 heavy (non-hydrogen) atoms. The summed E-state index contributed by atoms with van der Waals surface area (Å²) < 4.78 is 34.6. The first-order valence-corrected chi connectivity index (χ1v) is 8.84. The van der Waals surface area contributed by atoms with Gasteiger partial charge in [0.05, 0.1) is 18.5 Å². The van der Waals surface area contributed by atoms with Crippen LogP contribution in [0, 0.1) is 11.6 Å². The predicted octanol–water partition coefficient (Wildman–Crippen LogP) is 5.37. The van der Waals surface area contributed by atoms with Gasteiger partial charge in [-0.2, -0.15) is 0 Å². The summed E-state index contributed by atoms with van der Waals surface area (Å²) in [5.74, 6) is 0.0266. The topological polar surface area (TPSA) is 30.4 Å². The van der Waals surface area contributed by atoms with E-state index in [1.807, 2.05) is 22.1 Å². The van der Waals surface area contributed by atoms with Gasteiger partial charge in [-0.15, -0.1) is 11.3 Å². The highest BCUT2D eigenvalue weighted by molar-refractivity contribution is 7.07. The second-order valence-corrected chi connectivity index (χ2v) is 6.49. The maximum absolute atomic E-state index is 14.0. The highest BCUT2D eigenvalue weighted by atomic mass is 32.1. The van der Waals surface area contributed by atoms with Crippen LogP contribution in [0.5, 0.6) is 0 Å². The molecule has 0 aliphatic rings. The van der Waals surface area contributed by atoms with E-state index < -0.39 is 0 Å². The Labute approximate surface area is 152 Å². The lowest BCUT2D eigenvalue weighted by atomic mass is 10.2. The molecule has 4 aromatic rings. The van der Waals surface area contributed by atoms with Crippen LogP contribution in [0.2, 0.25) is 0 Å². The lowest BCUT2D eigenvalue weighted by Gasteiger charge is -2.08. The Morgan fingerprint density at radius 2 is 1.77 bits per heavy atom. The van der Waals surface area contributed by atoms with E-state index in [0.717, 1.165) is 11.3 Å². The first-order chi connectivity index (χ1) is 12.7. The van der Waals surface area contributed by atoms with Crippen LogP contribution in [0.15, 0.2) is 81.7 Å². The largest absolute Gasteiger partial charge is 0.463 e. The molecule has 4 rings (SSSR count). The average Bonchev–Trinajstić information content (AvgIpc) is 3.29. The van der Waals surface area contributed by atoms with Gasteiger partial charge in [0.2, 0.25) is 0 Å². The van der Waals surface area contributed by atoms with Crippen molar-refractivity contribution in [2.45, 2.75) is 6.54 Å². The van der Waals surface area contributed by atoms with Crippen molar-refractivity contribution in [2.75, 3.05) is 0 Å². The van der Waals surface area contributed by atoms with Crippen molar-refractivity contribution in [3.63, 3.8) is 0 Å². The summed E-state index contributed by atoms with van der Waals surface area (Å²) >= 11 is 1.40. The van der Waals surface area contributed by atoms with E-state index in [1.54, 1.807) is 36.6 Å². The molecule has 0 N–H and O–H groups in total. The number of rotatable bonds is 4. The van der Waals surface area contributed by atoms with Crippen LogP contribution in [-0.4, -0.2) is 4.57 Å². The highest BCUT2D eigenvalue weighted by Crippen LogP contribution is 2.23. The number of hydrogen-bond acceptors (Lipinski definition) is 3. The van der Waals surface area contributed by atoms with E-state index in [0.29, 0.717) is 17.1 Å². The van der Waals surface area contributed by atoms with E-state index in [-0.39, 0.29) is 17.3 Å². The minimum atomic E-state index is -0.381. The summed E-state index contributed by atoms with van der Waals surface area (Å²) in [7, 11) is 0. The third kappa shape index (κ3) is 3.36. The first-order valence-electron chi connectivity index (χ1n) is 7.96. The van der Waals surface area contributed by atoms with Crippen LogP contribution in [-0.2, 0) is 6.54 Å². The summed E-state index contributed by atoms with van der Waals surface area (Å²) in [5.41, 5.74) is 2.01. The molecule has 0 saturated heterocycles. The summed E-state index contributed by atoms with van der Waals surface area (Å²) in [6.07, 6.45) is 1.60. The predicted molar refractivity (Wildman–Crippen MR) is 97.1 cm³/mol. The van der Waals surface area contributed by atoms with E-state index >= 15 is 0 Å². The Kier molecular flexibility index (Phi) is 4.50. The molecular formula is C20H14F2N2OS. The summed E-state index contributed by atoms with van der Waals surface area (Å²) in [4.78, 5) is 5.11. The van der Waals surface area contributed by atoms with Crippen molar-refractivity contribution < 1.29 is 13.2 Å². The molecule has 0 saturated carbocycles. The lowest BCUT2D eigenvalue weighted by molar-refractivity contribution is 0.573. The van der Waals surface area contributed by atoms with E-state index in [1.165, 1.54) is 29.5 Å². The normalized spacial score (nSPS) is 11.8. The third-order valence-electron chi connectivity index (χ3n) is 3.89. The van der Waals surface area contributed by atoms with Crippen molar-refractivity contribution in [3.05, 3.63) is 94.3 Å². The van der Waals surface area contributed by atoms with Crippen LogP contribution in [0.3, 0.4) is 0 Å². The third-order valence-corrected chi connectivity index (χ3v) is 4.76. The van der Waals surface area contributed by atoms with Crippen LogP contribution >= 0.6 is 11.3 Å². The molecule has 0 aliphatic carbocycles. The molecule has 3 nitrogen and oxygen atoms in total. The molecular weight excluding hydrogens is 354 g/mol. The van der Waals surface area contributed by atoms with Gasteiger partial charge in [0.25, 0.3) is 0 Å². The minimum absolute atomic E-state index is 0.271. The highest BCUT2D eigenvalue weighted by Gasteiger charge is 2.12. The van der Waals surface area contributed by atoms with E-state index in [9.17, 15) is 8.78 Å². The number of aromatic nitrogens is 1. The molecule has 6 heteroatoms. The van der Waals surface area contributed by atoms with Crippen LogP contribution < -0.4 is 4.80 Å². The monoisotopic (exact) mass is 368 g/mol. The Morgan fingerprint density at radius 3 is 2.50 bits per heavy atom. The molecule has 2 aromatic carbocycles. The Bertz CT molecular complexity index is 1080. The smallest absolute Gasteiger partial charge is 0.190 e. The minimum Gasteiger partial charge on any atom is -0.463 e. The standard InChI is InChI=1S/C20H14F2N2OS/c21-15-9-7-14(8-10-15)12-24-18(19-6-3-11-25-19)13-26-20(24)23-17-5-2-1-4-16(17)22/h1-11,13H,12H2. The quantitative estimate of drug-likeness (QED) is 0.476. The number of para-hydroxylation sites is 1. The number of hydrogen-bond donors (Lipinski definition) is 0. The molecule has 0 bridgehead atoms. The van der Waals surface area contributed by atoms with Crippen LogP contribution in [0.1, 0.15) is 5.56 Å². The summed E-state index contributed by atoms with van der Waals surface area (Å²) in [6, 6.07) is 16.3. The van der Waals surface area contributed by atoms with Crippen LogP contribution in [0.25, 0.3) is 11.5 Å². The van der Waals surface area contributed by atoms with E-state index in [2.05, 4.69) is 4.99 Å². The molecule has 2 aromatic heterocycles. The number of furan rings is 1. The fourth-order valence-electron chi connectivity index (χ4n) is 2.61. The first kappa shape index (κ1) is 16.5. The SMILES string of the molecule is Fc1ccc(Cn2c(-c3ccco3)csc2=Nc2ccccc2F)cc1. The zero-order valence-electron chi connectivity index (χ0n) is 13.6. The van der Waals surface area contributed by atoms with Gasteiger partial charge in [0, 0.05) is 5.38 Å². The molecule has 130 valence electrons. The fourth-order valence-corrected chi connectivity index (χ4v) is 3.51. The lowest BCUT2D eigenvalue weighted by Crippen LogP contribution is -2.16. The summed E-state index contributed by atoms with van der Waals surface area (Å²) in [6.45, 7) is 0.465. The molecule has 0 fully saturated rings. The van der Waals surface area contributed by atoms with Gasteiger partial charge >= 0.3 is 0 Å². The second-order valence-electron chi connectivity index (χ2n) is 5.66. The molecule has 0 unspecified atom stereocenters. The number of nitrogens with zero attached hydrogens (tertiary/aromatic N) is 2. The average molecular weight is 368 g/mol. The van der Waals surface area contributed by atoms with Gasteiger partial charge in [-0.05, 0) is 42.0 Å². The van der Waals surface area contributed by atoms with E-state index in [4.69, 9.17) is 4.42 Å². The van der Waals surface area contributed by atoms with Gasteiger partial charge in [0.1, 0.15) is 17.3 Å². The van der Waals surface area contributed by atoms with Crippen molar-refractivity contribution in [1.29, 1.82) is 0 Å². The maximum Gasteiger partial charge on any atom is 0.190 e.